The third-order valence-corrected chi connectivity index (χ3v) is 2.12. The van der Waals surface area contributed by atoms with Gasteiger partial charge in [-0.1, -0.05) is 36.4 Å². The Kier molecular flexibility index (Phi) is 4.36. The molecule has 0 saturated heterocycles. The molecule has 0 spiro atoms. The van der Waals surface area contributed by atoms with Gasteiger partial charge in [-0.25, -0.2) is 0 Å². The molecule has 0 amide bonds. The Balaban J connectivity index is 2.50. The summed E-state index contributed by atoms with van der Waals surface area (Å²) in [6.45, 7) is 3.54. The first-order valence-corrected chi connectivity index (χ1v) is 4.76. The van der Waals surface area contributed by atoms with Crippen molar-refractivity contribution in [2.24, 2.45) is 0 Å². The molecule has 0 aliphatic carbocycles. The van der Waals surface area contributed by atoms with Gasteiger partial charge in [0.1, 0.15) is 0 Å². The van der Waals surface area contributed by atoms with Crippen LogP contribution >= 0.6 is 0 Å². The van der Waals surface area contributed by atoms with E-state index in [9.17, 15) is 10.2 Å². The molecule has 76 valence electrons. The Bertz CT molecular complexity index is 269. The summed E-state index contributed by atoms with van der Waals surface area (Å²) in [5.74, 6) is 0. The molecule has 1 rings (SSSR count). The number of aliphatic hydroxyl groups is 2. The van der Waals surface area contributed by atoms with Crippen LogP contribution in [0.4, 0.5) is 0 Å². The van der Waals surface area contributed by atoms with E-state index in [2.05, 4.69) is 6.58 Å². The smallest absolute Gasteiger partial charge is 0.0814 e. The molecule has 2 atom stereocenters. The molecule has 0 heterocycles. The predicted molar refractivity (Wildman–Crippen MR) is 56.8 cm³/mol. The Labute approximate surface area is 84.5 Å². The summed E-state index contributed by atoms with van der Waals surface area (Å²) < 4.78 is 0. The van der Waals surface area contributed by atoms with E-state index in [0.29, 0.717) is 12.8 Å². The van der Waals surface area contributed by atoms with Gasteiger partial charge in [-0.05, 0) is 12.0 Å². The highest BCUT2D eigenvalue weighted by molar-refractivity contribution is 5.17. The molecular formula is C12H16O2. The average molecular weight is 192 g/mol. The lowest BCUT2D eigenvalue weighted by atomic mass is 10.0. The Hall–Kier alpha value is -1.12. The SMILES string of the molecule is C=CC[C@H](O)C[C@@H](O)c1ccccc1. The molecule has 0 bridgehead atoms. The van der Waals surface area contributed by atoms with Crippen LogP contribution in [-0.2, 0) is 0 Å². The van der Waals surface area contributed by atoms with Crippen molar-refractivity contribution in [3.05, 3.63) is 48.6 Å². The van der Waals surface area contributed by atoms with Crippen molar-refractivity contribution in [2.45, 2.75) is 25.0 Å². The Morgan fingerprint density at radius 3 is 2.43 bits per heavy atom. The molecule has 0 aliphatic heterocycles. The van der Waals surface area contributed by atoms with Gasteiger partial charge in [0.25, 0.3) is 0 Å². The van der Waals surface area contributed by atoms with E-state index in [0.717, 1.165) is 5.56 Å². The summed E-state index contributed by atoms with van der Waals surface area (Å²) in [6, 6.07) is 9.35. The van der Waals surface area contributed by atoms with Crippen molar-refractivity contribution >= 4 is 0 Å². The molecule has 0 fully saturated rings. The van der Waals surface area contributed by atoms with Crippen molar-refractivity contribution in [2.75, 3.05) is 0 Å². The standard InChI is InChI=1S/C12H16O2/c1-2-6-11(13)9-12(14)10-7-4-3-5-8-10/h2-5,7-8,11-14H,1,6,9H2/t11-,12+/m0/s1. The lowest BCUT2D eigenvalue weighted by molar-refractivity contribution is 0.0822. The summed E-state index contributed by atoms with van der Waals surface area (Å²) in [7, 11) is 0. The van der Waals surface area contributed by atoms with Crippen LogP contribution in [0.2, 0.25) is 0 Å². The zero-order chi connectivity index (χ0) is 10.4. The first-order valence-electron chi connectivity index (χ1n) is 4.76. The fourth-order valence-corrected chi connectivity index (χ4v) is 1.36. The van der Waals surface area contributed by atoms with Gasteiger partial charge < -0.3 is 10.2 Å². The minimum Gasteiger partial charge on any atom is -0.393 e. The van der Waals surface area contributed by atoms with Gasteiger partial charge in [-0.2, -0.15) is 0 Å². The highest BCUT2D eigenvalue weighted by Gasteiger charge is 2.11. The lowest BCUT2D eigenvalue weighted by Crippen LogP contribution is -2.11. The van der Waals surface area contributed by atoms with Gasteiger partial charge in [0.15, 0.2) is 0 Å². The largest absolute Gasteiger partial charge is 0.393 e. The number of rotatable bonds is 5. The predicted octanol–water partition coefficient (Wildman–Crippen LogP) is 2.05. The monoisotopic (exact) mass is 192 g/mol. The van der Waals surface area contributed by atoms with E-state index >= 15 is 0 Å². The number of aliphatic hydroxyl groups excluding tert-OH is 2. The topological polar surface area (TPSA) is 40.5 Å². The molecule has 0 saturated carbocycles. The van der Waals surface area contributed by atoms with Gasteiger partial charge >= 0.3 is 0 Å². The molecule has 2 N–H and O–H groups in total. The quantitative estimate of drug-likeness (QED) is 0.701. The van der Waals surface area contributed by atoms with Crippen molar-refractivity contribution < 1.29 is 10.2 Å². The van der Waals surface area contributed by atoms with Crippen LogP contribution in [0.1, 0.15) is 24.5 Å². The third-order valence-electron chi connectivity index (χ3n) is 2.12. The summed E-state index contributed by atoms with van der Waals surface area (Å²) in [5, 5.41) is 19.2. The molecular weight excluding hydrogens is 176 g/mol. The molecule has 1 aromatic rings. The maximum absolute atomic E-state index is 9.72. The van der Waals surface area contributed by atoms with Crippen LogP contribution in [-0.4, -0.2) is 16.3 Å². The molecule has 0 aliphatic rings. The molecule has 0 radical (unpaired) electrons. The fourth-order valence-electron chi connectivity index (χ4n) is 1.36. The molecule has 0 unspecified atom stereocenters. The van der Waals surface area contributed by atoms with Crippen molar-refractivity contribution in [1.82, 2.24) is 0 Å². The number of hydrogen-bond acceptors (Lipinski definition) is 2. The zero-order valence-electron chi connectivity index (χ0n) is 8.13. The van der Waals surface area contributed by atoms with E-state index in [1.54, 1.807) is 6.08 Å². The molecule has 2 heteroatoms. The second-order valence-electron chi connectivity index (χ2n) is 3.34. The van der Waals surface area contributed by atoms with Gasteiger partial charge in [-0.15, -0.1) is 6.58 Å². The first-order chi connectivity index (χ1) is 6.74. The van der Waals surface area contributed by atoms with Crippen LogP contribution in [0, 0.1) is 0 Å². The van der Waals surface area contributed by atoms with Crippen LogP contribution < -0.4 is 0 Å². The van der Waals surface area contributed by atoms with Crippen LogP contribution in [0.25, 0.3) is 0 Å². The minimum atomic E-state index is -0.592. The van der Waals surface area contributed by atoms with E-state index in [-0.39, 0.29) is 0 Å². The molecule has 14 heavy (non-hydrogen) atoms. The summed E-state index contributed by atoms with van der Waals surface area (Å²) >= 11 is 0. The number of benzene rings is 1. The summed E-state index contributed by atoms with van der Waals surface area (Å²) in [6.07, 6.45) is 1.43. The van der Waals surface area contributed by atoms with Crippen molar-refractivity contribution in [3.8, 4) is 0 Å². The Morgan fingerprint density at radius 1 is 1.21 bits per heavy atom. The van der Waals surface area contributed by atoms with Crippen LogP contribution in [0.3, 0.4) is 0 Å². The Morgan fingerprint density at radius 2 is 1.86 bits per heavy atom. The summed E-state index contributed by atoms with van der Waals surface area (Å²) in [4.78, 5) is 0. The lowest BCUT2D eigenvalue weighted by Gasteiger charge is -2.14. The zero-order valence-corrected chi connectivity index (χ0v) is 8.13. The second kappa shape index (κ2) is 5.58. The second-order valence-corrected chi connectivity index (χ2v) is 3.34. The van der Waals surface area contributed by atoms with Gasteiger partial charge in [0.05, 0.1) is 12.2 Å². The van der Waals surface area contributed by atoms with Crippen molar-refractivity contribution in [1.29, 1.82) is 0 Å². The number of hydrogen-bond donors (Lipinski definition) is 2. The maximum atomic E-state index is 9.72. The maximum Gasteiger partial charge on any atom is 0.0814 e. The van der Waals surface area contributed by atoms with Crippen LogP contribution in [0.15, 0.2) is 43.0 Å². The van der Waals surface area contributed by atoms with E-state index in [1.165, 1.54) is 0 Å². The van der Waals surface area contributed by atoms with E-state index in [1.807, 2.05) is 30.3 Å². The van der Waals surface area contributed by atoms with Gasteiger partial charge in [-0.3, -0.25) is 0 Å². The molecule has 1 aromatic carbocycles. The minimum absolute atomic E-state index is 0.357. The molecule has 0 aromatic heterocycles. The first kappa shape index (κ1) is 11.0. The average Bonchev–Trinajstić information content (AvgIpc) is 2.19. The van der Waals surface area contributed by atoms with E-state index in [4.69, 9.17) is 0 Å². The normalized spacial score (nSPS) is 14.7. The van der Waals surface area contributed by atoms with Crippen LogP contribution in [0.5, 0.6) is 0 Å². The van der Waals surface area contributed by atoms with Crippen molar-refractivity contribution in [3.63, 3.8) is 0 Å². The highest BCUT2D eigenvalue weighted by atomic mass is 16.3. The highest BCUT2D eigenvalue weighted by Crippen LogP contribution is 2.18. The van der Waals surface area contributed by atoms with E-state index < -0.39 is 12.2 Å². The van der Waals surface area contributed by atoms with Gasteiger partial charge in [0, 0.05) is 6.42 Å². The summed E-state index contributed by atoms with van der Waals surface area (Å²) in [5.41, 5.74) is 0.843. The third kappa shape index (κ3) is 3.32. The van der Waals surface area contributed by atoms with Gasteiger partial charge in [0.2, 0.25) is 0 Å². The fraction of sp³-hybridized carbons (Fsp3) is 0.333. The molecule has 2 nitrogen and oxygen atoms in total.